The van der Waals surface area contributed by atoms with Crippen LogP contribution in [0.5, 0.6) is 5.75 Å². The van der Waals surface area contributed by atoms with Gasteiger partial charge in [0, 0.05) is 18.1 Å². The van der Waals surface area contributed by atoms with E-state index in [1.165, 1.54) is 38.5 Å². The second kappa shape index (κ2) is 6.26. The Bertz CT molecular complexity index is 791. The first-order valence-corrected chi connectivity index (χ1v) is 9.92. The van der Waals surface area contributed by atoms with Crippen molar-refractivity contribution in [2.75, 3.05) is 13.2 Å². The normalized spacial score (nSPS) is 31.9. The Labute approximate surface area is 154 Å². The van der Waals surface area contributed by atoms with Crippen LogP contribution in [0.2, 0.25) is 0 Å². The number of fused-ring (bicyclic) bond motifs is 1. The Balaban J connectivity index is 1.19. The highest BCUT2D eigenvalue weighted by Gasteiger charge is 2.50. The molecular weight excluding hydrogens is 324 g/mol. The maximum atomic E-state index is 12.4. The van der Waals surface area contributed by atoms with E-state index in [9.17, 15) is 4.79 Å². The van der Waals surface area contributed by atoms with Gasteiger partial charge in [-0.1, -0.05) is 18.2 Å². The maximum Gasteiger partial charge on any atom is 0.257 e. The number of carbonyl (C=O) groups excluding carboxylic acids is 1. The molecule has 0 saturated heterocycles. The molecule has 1 heterocycles. The summed E-state index contributed by atoms with van der Waals surface area (Å²) < 4.78 is 5.78. The number of rotatable bonds is 5. The van der Waals surface area contributed by atoms with Crippen molar-refractivity contribution in [2.24, 2.45) is 23.2 Å². The van der Waals surface area contributed by atoms with Gasteiger partial charge in [-0.15, -0.1) is 0 Å². The van der Waals surface area contributed by atoms with Crippen molar-refractivity contribution in [3.05, 3.63) is 36.5 Å². The smallest absolute Gasteiger partial charge is 0.257 e. The fraction of sp³-hybridized carbons (Fsp3) is 0.545. The van der Waals surface area contributed by atoms with Crippen molar-refractivity contribution < 1.29 is 9.53 Å². The molecule has 0 aliphatic heterocycles. The highest BCUT2D eigenvalue weighted by Crippen LogP contribution is 2.59. The molecule has 4 bridgehead atoms. The second-order valence-electron chi connectivity index (χ2n) is 8.81. The largest absolute Gasteiger partial charge is 0.481 e. The Hall–Kier alpha value is -2.10. The Morgan fingerprint density at radius 1 is 1.08 bits per heavy atom. The molecule has 136 valence electrons. The number of para-hydroxylation sites is 1. The van der Waals surface area contributed by atoms with Crippen LogP contribution in [0.1, 0.15) is 38.5 Å². The van der Waals surface area contributed by atoms with Gasteiger partial charge < -0.3 is 10.1 Å². The maximum absolute atomic E-state index is 12.4. The van der Waals surface area contributed by atoms with Crippen molar-refractivity contribution in [1.82, 2.24) is 10.3 Å². The minimum Gasteiger partial charge on any atom is -0.481 e. The number of carbonyl (C=O) groups is 1. The van der Waals surface area contributed by atoms with Gasteiger partial charge in [-0.05, 0) is 73.8 Å². The number of hydrogen-bond acceptors (Lipinski definition) is 3. The molecule has 1 aromatic carbocycles. The van der Waals surface area contributed by atoms with Crippen LogP contribution in [0.25, 0.3) is 10.9 Å². The molecule has 4 nitrogen and oxygen atoms in total. The van der Waals surface area contributed by atoms with Crippen molar-refractivity contribution in [2.45, 2.75) is 38.5 Å². The van der Waals surface area contributed by atoms with Gasteiger partial charge in [0.15, 0.2) is 6.61 Å². The third-order valence-electron chi connectivity index (χ3n) is 6.78. The molecular formula is C22H26N2O2. The molecule has 4 aliphatic carbocycles. The number of benzene rings is 1. The number of amides is 1. The zero-order valence-corrected chi connectivity index (χ0v) is 15.1. The van der Waals surface area contributed by atoms with E-state index >= 15 is 0 Å². The average Bonchev–Trinajstić information content (AvgIpc) is 2.64. The second-order valence-corrected chi connectivity index (χ2v) is 8.81. The predicted octanol–water partition coefficient (Wildman–Crippen LogP) is 3.95. The lowest BCUT2D eigenvalue weighted by Crippen LogP contribution is -2.51. The Kier molecular flexibility index (Phi) is 3.87. The quantitative estimate of drug-likeness (QED) is 0.888. The lowest BCUT2D eigenvalue weighted by Gasteiger charge is -2.56. The van der Waals surface area contributed by atoms with Crippen LogP contribution in [-0.4, -0.2) is 24.0 Å². The van der Waals surface area contributed by atoms with Gasteiger partial charge >= 0.3 is 0 Å². The van der Waals surface area contributed by atoms with E-state index in [1.807, 2.05) is 30.3 Å². The molecule has 1 aromatic heterocycles. The standard InChI is InChI=1S/C22H26N2O2/c25-20(13-26-19-5-1-3-18-4-2-6-23-21(18)19)24-14-22-10-15-7-16(11-22)9-17(8-15)12-22/h1-6,15-17H,7-14H2,(H,24,25). The molecule has 26 heavy (non-hydrogen) atoms. The lowest BCUT2D eigenvalue weighted by molar-refractivity contribution is -0.125. The molecule has 4 saturated carbocycles. The van der Waals surface area contributed by atoms with Crippen LogP contribution in [-0.2, 0) is 4.79 Å². The molecule has 4 aliphatic rings. The topological polar surface area (TPSA) is 51.2 Å². The van der Waals surface area contributed by atoms with Crippen LogP contribution in [0.15, 0.2) is 36.5 Å². The van der Waals surface area contributed by atoms with Gasteiger partial charge in [0.25, 0.3) is 5.91 Å². The number of pyridine rings is 1. The Morgan fingerprint density at radius 2 is 1.77 bits per heavy atom. The Morgan fingerprint density at radius 3 is 2.50 bits per heavy atom. The summed E-state index contributed by atoms with van der Waals surface area (Å²) in [7, 11) is 0. The van der Waals surface area contributed by atoms with Crippen LogP contribution in [0, 0.1) is 23.2 Å². The number of nitrogens with zero attached hydrogens (tertiary/aromatic N) is 1. The molecule has 4 heteroatoms. The molecule has 1 amide bonds. The zero-order valence-electron chi connectivity index (χ0n) is 15.1. The number of ether oxygens (including phenoxy) is 1. The van der Waals surface area contributed by atoms with Crippen molar-refractivity contribution in [3.63, 3.8) is 0 Å². The summed E-state index contributed by atoms with van der Waals surface area (Å²) in [6.45, 7) is 0.883. The lowest BCUT2D eigenvalue weighted by atomic mass is 9.49. The van der Waals surface area contributed by atoms with Crippen LogP contribution in [0.3, 0.4) is 0 Å². The minimum atomic E-state index is -0.0197. The molecule has 1 N–H and O–H groups in total. The first kappa shape index (κ1) is 16.1. The van der Waals surface area contributed by atoms with Crippen molar-refractivity contribution >= 4 is 16.8 Å². The average molecular weight is 350 g/mol. The number of aromatic nitrogens is 1. The summed E-state index contributed by atoms with van der Waals surface area (Å²) in [5.41, 5.74) is 1.18. The molecule has 2 aromatic rings. The SMILES string of the molecule is O=C(COc1cccc2cccnc12)NCC12CC3CC(CC(C3)C1)C2. The van der Waals surface area contributed by atoms with Crippen molar-refractivity contribution in [1.29, 1.82) is 0 Å². The molecule has 4 fully saturated rings. The number of hydrogen-bond donors (Lipinski definition) is 1. The molecule has 0 unspecified atom stereocenters. The summed E-state index contributed by atoms with van der Waals surface area (Å²) in [5.74, 6) is 3.39. The third-order valence-corrected chi connectivity index (χ3v) is 6.78. The summed E-state index contributed by atoms with van der Waals surface area (Å²) in [4.78, 5) is 16.8. The van der Waals surface area contributed by atoms with Gasteiger partial charge in [-0.2, -0.15) is 0 Å². The first-order valence-electron chi connectivity index (χ1n) is 9.92. The van der Waals surface area contributed by atoms with E-state index in [0.29, 0.717) is 11.2 Å². The van der Waals surface area contributed by atoms with E-state index in [0.717, 1.165) is 35.2 Å². The van der Waals surface area contributed by atoms with E-state index in [1.54, 1.807) is 6.20 Å². The van der Waals surface area contributed by atoms with Crippen molar-refractivity contribution in [3.8, 4) is 5.75 Å². The number of nitrogens with one attached hydrogen (secondary N) is 1. The van der Waals surface area contributed by atoms with Gasteiger partial charge in [0.2, 0.25) is 0 Å². The monoisotopic (exact) mass is 350 g/mol. The molecule has 0 atom stereocenters. The molecule has 0 radical (unpaired) electrons. The summed E-state index contributed by atoms with van der Waals surface area (Å²) in [5, 5.41) is 4.20. The van der Waals surface area contributed by atoms with Crippen LogP contribution < -0.4 is 10.1 Å². The van der Waals surface area contributed by atoms with E-state index in [2.05, 4.69) is 10.3 Å². The molecule has 0 spiro atoms. The predicted molar refractivity (Wildman–Crippen MR) is 101 cm³/mol. The molecule has 6 rings (SSSR count). The summed E-state index contributed by atoms with van der Waals surface area (Å²) in [6, 6.07) is 9.73. The third kappa shape index (κ3) is 2.95. The summed E-state index contributed by atoms with van der Waals surface area (Å²) in [6.07, 6.45) is 10.00. The first-order chi connectivity index (χ1) is 12.7. The highest BCUT2D eigenvalue weighted by molar-refractivity contribution is 5.85. The minimum absolute atomic E-state index is 0.0197. The van der Waals surface area contributed by atoms with E-state index in [-0.39, 0.29) is 12.5 Å². The van der Waals surface area contributed by atoms with Gasteiger partial charge in [0.1, 0.15) is 11.3 Å². The van der Waals surface area contributed by atoms with Crippen LogP contribution in [0.4, 0.5) is 0 Å². The van der Waals surface area contributed by atoms with Gasteiger partial charge in [-0.3, -0.25) is 9.78 Å². The van der Waals surface area contributed by atoms with E-state index in [4.69, 9.17) is 4.74 Å². The van der Waals surface area contributed by atoms with Crippen LogP contribution >= 0.6 is 0 Å². The van der Waals surface area contributed by atoms with E-state index < -0.39 is 0 Å². The van der Waals surface area contributed by atoms with Gasteiger partial charge in [0.05, 0.1) is 0 Å². The summed E-state index contributed by atoms with van der Waals surface area (Å²) >= 11 is 0. The highest BCUT2D eigenvalue weighted by atomic mass is 16.5. The zero-order chi connectivity index (χ0) is 17.6. The van der Waals surface area contributed by atoms with Gasteiger partial charge in [-0.25, -0.2) is 0 Å². The fourth-order valence-corrected chi connectivity index (χ4v) is 6.18. The fourth-order valence-electron chi connectivity index (χ4n) is 6.18.